The Kier molecular flexibility index (Phi) is 16.3. The van der Waals surface area contributed by atoms with Crippen molar-refractivity contribution in [2.45, 2.75) is 37.5 Å². The molecule has 0 unspecified atom stereocenters. The predicted molar refractivity (Wildman–Crippen MR) is 138 cm³/mol. The molecule has 0 saturated carbocycles. The van der Waals surface area contributed by atoms with E-state index in [1.165, 1.54) is 0 Å². The average molecular weight is 643 g/mol. The van der Waals surface area contributed by atoms with Crippen molar-refractivity contribution in [2.24, 2.45) is 0 Å². The van der Waals surface area contributed by atoms with Crippen LogP contribution >= 0.6 is 0 Å². The molecular formula is C24H26CaO14S2. The van der Waals surface area contributed by atoms with Crippen molar-refractivity contribution >= 4 is 81.9 Å². The third-order valence-corrected chi connectivity index (χ3v) is 6.20. The van der Waals surface area contributed by atoms with Gasteiger partial charge in [0.15, 0.2) is 0 Å². The second kappa shape index (κ2) is 17.4. The summed E-state index contributed by atoms with van der Waals surface area (Å²) in [4.78, 5) is 45.6. The van der Waals surface area contributed by atoms with E-state index in [1.54, 1.807) is 27.7 Å². The third kappa shape index (κ3) is 11.7. The summed E-state index contributed by atoms with van der Waals surface area (Å²) in [5, 5.41) is 0. The van der Waals surface area contributed by atoms with Crippen LogP contribution in [0, 0.1) is 0 Å². The van der Waals surface area contributed by atoms with Gasteiger partial charge in [-0.2, -0.15) is 0 Å². The molecule has 0 spiro atoms. The first-order chi connectivity index (χ1) is 18.6. The van der Waals surface area contributed by atoms with E-state index in [4.69, 9.17) is 18.9 Å². The Balaban J connectivity index is 0.000000762. The molecule has 0 bridgehead atoms. The van der Waals surface area contributed by atoms with Crippen LogP contribution in [-0.4, -0.2) is 114 Å². The fourth-order valence-electron chi connectivity index (χ4n) is 2.89. The standard InChI is InChI=1S/2C12H14O7S.Ca/c2*1-3-18-11(13)9-6-5-8(20(15,16)17)7-10(9)12(14)19-4-2;/h2*5-7H,3-4H2,1-2H3,(H,15,16,17);/q;;+2/p-2. The van der Waals surface area contributed by atoms with E-state index in [0.29, 0.717) is 0 Å². The van der Waals surface area contributed by atoms with Crippen molar-refractivity contribution in [3.05, 3.63) is 58.7 Å². The quantitative estimate of drug-likeness (QED) is 0.155. The Morgan fingerprint density at radius 1 is 0.537 bits per heavy atom. The van der Waals surface area contributed by atoms with Crippen molar-refractivity contribution in [3.8, 4) is 0 Å². The maximum atomic E-state index is 11.7. The summed E-state index contributed by atoms with van der Waals surface area (Å²) in [6.07, 6.45) is 0. The minimum atomic E-state index is -4.74. The molecule has 2 aromatic rings. The van der Waals surface area contributed by atoms with E-state index in [-0.39, 0.29) is 86.4 Å². The van der Waals surface area contributed by atoms with Gasteiger partial charge in [-0.3, -0.25) is 0 Å². The van der Waals surface area contributed by atoms with Gasteiger partial charge in [0, 0.05) is 0 Å². The molecule has 0 aliphatic carbocycles. The molecule has 0 saturated heterocycles. The number of hydrogen-bond donors (Lipinski definition) is 0. The van der Waals surface area contributed by atoms with Gasteiger partial charge in [-0.05, 0) is 64.1 Å². The average Bonchev–Trinajstić information content (AvgIpc) is 2.88. The fraction of sp³-hybridized carbons (Fsp3) is 0.333. The summed E-state index contributed by atoms with van der Waals surface area (Å²) < 4.78 is 84.6. The molecule has 0 atom stereocenters. The SMILES string of the molecule is CCOC(=O)c1ccc(S(=O)(=O)[O-])cc1C(=O)OCC.CCOC(=O)c1ccc(S(=O)(=O)[O-])cc1C(=O)OCC.[Ca+2]. The van der Waals surface area contributed by atoms with Crippen LogP contribution in [0.1, 0.15) is 69.1 Å². The first kappa shape index (κ1) is 38.4. The zero-order valence-corrected chi connectivity index (χ0v) is 26.4. The smallest absolute Gasteiger partial charge is 0.744 e. The third-order valence-electron chi connectivity index (χ3n) is 4.54. The van der Waals surface area contributed by atoms with Gasteiger partial charge in [0.2, 0.25) is 0 Å². The minimum Gasteiger partial charge on any atom is -0.744 e. The Bertz CT molecular complexity index is 1360. The molecule has 0 N–H and O–H groups in total. The van der Waals surface area contributed by atoms with E-state index in [0.717, 1.165) is 36.4 Å². The summed E-state index contributed by atoms with van der Waals surface area (Å²) in [5.41, 5.74) is -0.945. The maximum absolute atomic E-state index is 11.7. The van der Waals surface area contributed by atoms with Crippen molar-refractivity contribution in [3.63, 3.8) is 0 Å². The Labute approximate surface area is 266 Å². The van der Waals surface area contributed by atoms with Gasteiger partial charge in [0.1, 0.15) is 20.2 Å². The molecule has 2 rings (SSSR count). The minimum absolute atomic E-state index is 0. The molecule has 220 valence electrons. The van der Waals surface area contributed by atoms with Crippen LogP contribution in [0.5, 0.6) is 0 Å². The summed E-state index contributed by atoms with van der Waals surface area (Å²) in [6, 6.07) is 5.61. The molecule has 0 aliphatic heterocycles. The number of hydrogen-bond acceptors (Lipinski definition) is 14. The van der Waals surface area contributed by atoms with Crippen LogP contribution in [-0.2, 0) is 39.2 Å². The molecular weight excluding hydrogens is 616 g/mol. The number of ether oxygens (including phenoxy) is 4. The molecule has 0 radical (unpaired) electrons. The topological polar surface area (TPSA) is 220 Å². The summed E-state index contributed by atoms with van der Waals surface area (Å²) in [5.74, 6) is -3.40. The monoisotopic (exact) mass is 642 g/mol. The predicted octanol–water partition coefficient (Wildman–Crippen LogP) is 1.51. The zero-order chi connectivity index (χ0) is 30.7. The van der Waals surface area contributed by atoms with Gasteiger partial charge in [-0.15, -0.1) is 0 Å². The van der Waals surface area contributed by atoms with E-state index < -0.39 is 53.9 Å². The molecule has 41 heavy (non-hydrogen) atoms. The summed E-state index contributed by atoms with van der Waals surface area (Å²) in [6.45, 7) is 6.51. The van der Waals surface area contributed by atoms with Crippen molar-refractivity contribution in [1.82, 2.24) is 0 Å². The number of esters is 4. The van der Waals surface area contributed by atoms with E-state index >= 15 is 0 Å². The van der Waals surface area contributed by atoms with E-state index in [2.05, 4.69) is 0 Å². The second-order valence-corrected chi connectivity index (χ2v) is 9.96. The second-order valence-electron chi connectivity index (χ2n) is 7.20. The van der Waals surface area contributed by atoms with Gasteiger partial charge in [0.05, 0.1) is 58.5 Å². The van der Waals surface area contributed by atoms with Crippen LogP contribution in [0.25, 0.3) is 0 Å². The largest absolute Gasteiger partial charge is 2.00 e. The van der Waals surface area contributed by atoms with Gasteiger partial charge in [-0.25, -0.2) is 36.0 Å². The molecule has 0 fully saturated rings. The Morgan fingerprint density at radius 3 is 1.00 bits per heavy atom. The van der Waals surface area contributed by atoms with Crippen LogP contribution in [0.2, 0.25) is 0 Å². The molecule has 14 nitrogen and oxygen atoms in total. The molecule has 2 aromatic carbocycles. The maximum Gasteiger partial charge on any atom is 2.00 e. The van der Waals surface area contributed by atoms with Crippen LogP contribution in [0.4, 0.5) is 0 Å². The van der Waals surface area contributed by atoms with Crippen molar-refractivity contribution in [1.29, 1.82) is 0 Å². The summed E-state index contributed by atoms with van der Waals surface area (Å²) >= 11 is 0. The van der Waals surface area contributed by atoms with E-state index in [9.17, 15) is 45.1 Å². The van der Waals surface area contributed by atoms with Crippen LogP contribution in [0.15, 0.2) is 46.2 Å². The fourth-order valence-corrected chi connectivity index (χ4v) is 3.88. The molecule has 0 aromatic heterocycles. The number of carbonyl (C=O) groups is 4. The van der Waals surface area contributed by atoms with Crippen LogP contribution < -0.4 is 0 Å². The number of benzene rings is 2. The van der Waals surface area contributed by atoms with Crippen LogP contribution in [0.3, 0.4) is 0 Å². The first-order valence-electron chi connectivity index (χ1n) is 11.5. The first-order valence-corrected chi connectivity index (χ1v) is 14.3. The number of carbonyl (C=O) groups excluding carboxylic acids is 4. The van der Waals surface area contributed by atoms with Gasteiger partial charge >= 0.3 is 61.6 Å². The number of rotatable bonds is 10. The zero-order valence-electron chi connectivity index (χ0n) is 22.5. The molecule has 0 aliphatic rings. The van der Waals surface area contributed by atoms with Crippen molar-refractivity contribution in [2.75, 3.05) is 26.4 Å². The van der Waals surface area contributed by atoms with Crippen molar-refractivity contribution < 1.29 is 64.1 Å². The van der Waals surface area contributed by atoms with Gasteiger partial charge in [0.25, 0.3) is 0 Å². The Morgan fingerprint density at radius 2 is 0.780 bits per heavy atom. The molecule has 17 heteroatoms. The molecule has 0 amide bonds. The van der Waals surface area contributed by atoms with E-state index in [1.807, 2.05) is 0 Å². The molecule has 0 heterocycles. The normalized spacial score (nSPS) is 10.7. The summed E-state index contributed by atoms with van der Waals surface area (Å²) in [7, 11) is -9.48. The Hall–Kier alpha value is -2.60. The van der Waals surface area contributed by atoms with Gasteiger partial charge < -0.3 is 28.1 Å². The van der Waals surface area contributed by atoms with Gasteiger partial charge in [-0.1, -0.05) is 0 Å².